The molecule has 0 aliphatic carbocycles. The monoisotopic (exact) mass is 422 g/mol. The third-order valence-corrected chi connectivity index (χ3v) is 115. The minimum atomic E-state index is -2.81. The maximum absolute atomic E-state index is 3.03. The summed E-state index contributed by atoms with van der Waals surface area (Å²) in [5.74, 6) is 0. The van der Waals surface area contributed by atoms with Gasteiger partial charge in [-0.25, -0.2) is 0 Å². The summed E-state index contributed by atoms with van der Waals surface area (Å²) in [4.78, 5) is 27.1. The Balaban J connectivity index is 0.946. The zero-order chi connectivity index (χ0) is 14.9. The van der Waals surface area contributed by atoms with Crippen LogP contribution in [0.1, 0.15) is 0 Å². The molecule has 0 aromatic heterocycles. The molecule has 8 atom stereocenters. The van der Waals surface area contributed by atoms with Crippen molar-refractivity contribution in [3.63, 3.8) is 0 Å². The van der Waals surface area contributed by atoms with E-state index in [1.165, 1.54) is 86.7 Å². The molecule has 20 rings (SSSR count). The second-order valence-corrected chi connectivity index (χ2v) is 67.4. The van der Waals surface area contributed by atoms with Gasteiger partial charge in [0.15, 0.2) is 0 Å². The molecule has 0 amide bonds. The van der Waals surface area contributed by atoms with Crippen LogP contribution < -0.4 is 0 Å². The zero-order valence-corrected chi connectivity index (χ0v) is 16.6. The van der Waals surface area contributed by atoms with E-state index in [2.05, 4.69) is 24.3 Å². The van der Waals surface area contributed by atoms with Crippen molar-refractivity contribution in [2.45, 2.75) is 95.3 Å². The Morgan fingerprint density at radius 1 is 0.385 bits per heavy atom. The molecule has 20 saturated heterocycles. The SMILES string of the molecule is C(C=C[C]12[CH]3[CH]4[CH]5[CH]1[Fe]45321678[CH]2[CH]1[CH]6[CH]7[CH]28)=C[C]12[CH]3[CH]4[CH]5[CH]1[Fe]45321678[CH]2[CH]1[CH]6[CH]7[CH]28. The summed E-state index contributed by atoms with van der Waals surface area (Å²) < 4.78 is 2.08. The van der Waals surface area contributed by atoms with E-state index >= 15 is 0 Å². The molecule has 2 heteroatoms. The number of hydrogen-bond acceptors (Lipinski definition) is 0. The first kappa shape index (κ1) is 8.33. The van der Waals surface area contributed by atoms with Gasteiger partial charge >= 0.3 is 133 Å². The van der Waals surface area contributed by atoms with Gasteiger partial charge in [0.1, 0.15) is 0 Å². The molecule has 0 bridgehead atoms. The molecule has 20 aliphatic heterocycles. The van der Waals surface area contributed by atoms with E-state index < -0.39 is 13.0 Å². The van der Waals surface area contributed by atoms with Crippen molar-refractivity contribution in [3.05, 3.63) is 24.3 Å². The Morgan fingerprint density at radius 3 is 0.808 bits per heavy atom. The fraction of sp³-hybridized carbons (Fsp3) is 0.833. The van der Waals surface area contributed by atoms with Gasteiger partial charge in [-0.1, -0.05) is 0 Å². The Hall–Kier alpha value is 0.519. The van der Waals surface area contributed by atoms with E-state index in [1.54, 1.807) is 0 Å². The number of hydrogen-bond donors (Lipinski definition) is 0. The summed E-state index contributed by atoms with van der Waals surface area (Å²) in [5.41, 5.74) is 0. The molecule has 0 aromatic rings. The van der Waals surface area contributed by atoms with Gasteiger partial charge < -0.3 is 0 Å². The predicted molar refractivity (Wildman–Crippen MR) is 91.2 cm³/mol. The molecular weight excluding hydrogens is 400 g/mol. The Bertz CT molecular complexity index is 1810. The van der Waals surface area contributed by atoms with Crippen LogP contribution in [0.15, 0.2) is 24.3 Å². The Kier molecular flexibility index (Phi) is 0.191. The number of fused-ring (bicyclic) bond motifs is 20. The van der Waals surface area contributed by atoms with Crippen LogP contribution in [0.4, 0.5) is 0 Å². The quantitative estimate of drug-likeness (QED) is 0.324. The first-order valence-corrected chi connectivity index (χ1v) is 24.7. The molecule has 8 unspecified atom stereocenters. The molecule has 0 N–H and O–H groups in total. The molecule has 2 spiro atoms. The van der Waals surface area contributed by atoms with Crippen LogP contribution >= 0.6 is 0 Å². The van der Waals surface area contributed by atoms with Gasteiger partial charge in [-0.3, -0.25) is 0 Å². The summed E-state index contributed by atoms with van der Waals surface area (Å²) in [5, 5.41) is 0. The second-order valence-electron chi connectivity index (χ2n) is 20.2. The Morgan fingerprint density at radius 2 is 0.654 bits per heavy atom. The third kappa shape index (κ3) is 0.0715. The first-order chi connectivity index (χ1) is 12.3. The van der Waals surface area contributed by atoms with Gasteiger partial charge in [0.25, 0.3) is 0 Å². The molecule has 20 heterocycles. The van der Waals surface area contributed by atoms with E-state index in [1.807, 2.05) is 0 Å². The van der Waals surface area contributed by atoms with Crippen LogP contribution in [0.3, 0.4) is 0 Å². The fourth-order valence-corrected chi connectivity index (χ4v) is 182. The van der Waals surface area contributed by atoms with Crippen molar-refractivity contribution in [3.8, 4) is 0 Å². The second kappa shape index (κ2) is 0.595. The predicted octanol–water partition coefficient (Wildman–Crippen LogP) is 7.62. The summed E-state index contributed by atoms with van der Waals surface area (Å²) in [7, 11) is 0. The van der Waals surface area contributed by atoms with Gasteiger partial charge in [-0.05, 0) is 0 Å². The van der Waals surface area contributed by atoms with Crippen molar-refractivity contribution in [1.82, 2.24) is 0 Å². The molecule has 0 nitrogen and oxygen atoms in total. The van der Waals surface area contributed by atoms with Gasteiger partial charge in [-0.2, -0.15) is 0 Å². The molecule has 134 valence electrons. The maximum atomic E-state index is 3.03. The van der Waals surface area contributed by atoms with Crippen molar-refractivity contribution in [2.75, 3.05) is 0 Å². The summed E-state index contributed by atoms with van der Waals surface area (Å²) in [6.07, 6.45) is 11.6. The van der Waals surface area contributed by atoms with E-state index in [0.717, 1.165) is 8.63 Å². The first-order valence-electron chi connectivity index (χ1n) is 12.1. The molecule has 26 heavy (non-hydrogen) atoms. The normalized spacial score (nSPS) is 154. The fourth-order valence-electron chi connectivity index (χ4n) is 34.0. The van der Waals surface area contributed by atoms with Gasteiger partial charge in [0.2, 0.25) is 0 Å². The van der Waals surface area contributed by atoms with Crippen LogP contribution in [0.25, 0.3) is 0 Å². The average Bonchev–Trinajstić information content (AvgIpc) is 3.53. The van der Waals surface area contributed by atoms with Crippen molar-refractivity contribution >= 4 is 0 Å². The Labute approximate surface area is 132 Å². The van der Waals surface area contributed by atoms with Crippen LogP contribution in [0.2, 0.25) is 95.3 Å². The third-order valence-electron chi connectivity index (χ3n) is 30.4. The standard InChI is InChI=1S/C14H12.2C5H5.2Fe/c1-2-8-13(7-1)11-5-6-12-14-9-3-4-10-14;2*1-2-4-5-3-1;;/h1-12H;2*1-5H;;. The van der Waals surface area contributed by atoms with Crippen LogP contribution in [0.5, 0.6) is 0 Å². The molecule has 0 aromatic carbocycles. The molecule has 20 fully saturated rings. The van der Waals surface area contributed by atoms with E-state index in [-0.39, 0.29) is 0 Å². The van der Waals surface area contributed by atoms with Crippen LogP contribution in [-0.2, 0) is 13.0 Å². The van der Waals surface area contributed by atoms with Crippen molar-refractivity contribution < 1.29 is 13.0 Å². The van der Waals surface area contributed by atoms with E-state index in [4.69, 9.17) is 0 Å². The van der Waals surface area contributed by atoms with Gasteiger partial charge in [0, 0.05) is 0 Å². The van der Waals surface area contributed by atoms with Gasteiger partial charge in [0.05, 0.1) is 0 Å². The van der Waals surface area contributed by atoms with E-state index in [0.29, 0.717) is 0 Å². The van der Waals surface area contributed by atoms with Gasteiger partial charge in [-0.15, -0.1) is 0 Å². The zero-order valence-electron chi connectivity index (χ0n) is 14.4. The number of allylic oxidation sites excluding steroid dienone is 4. The molecular formula is C24H22Fe2. The molecule has 0 radical (unpaired) electrons. The van der Waals surface area contributed by atoms with E-state index in [9.17, 15) is 0 Å². The topological polar surface area (TPSA) is 0 Å². The van der Waals surface area contributed by atoms with Crippen LogP contribution in [0, 0.1) is 0 Å². The summed E-state index contributed by atoms with van der Waals surface area (Å²) in [6.45, 7) is -5.63. The molecule has 0 saturated carbocycles. The van der Waals surface area contributed by atoms with Crippen molar-refractivity contribution in [1.29, 1.82) is 0 Å². The van der Waals surface area contributed by atoms with Crippen molar-refractivity contribution in [2.24, 2.45) is 0 Å². The summed E-state index contributed by atoms with van der Waals surface area (Å²) in [6, 6.07) is 0. The van der Waals surface area contributed by atoms with Crippen LogP contribution in [-0.4, -0.2) is 0 Å². The molecule has 20 aliphatic rings. The summed E-state index contributed by atoms with van der Waals surface area (Å²) >= 11 is 0. The minimum absolute atomic E-state index is 1.04. The number of rotatable bonds is 3. The average molecular weight is 422 g/mol.